The summed E-state index contributed by atoms with van der Waals surface area (Å²) in [5.74, 6) is 0. The smallest absolute Gasteiger partial charge is 0.188 e. The van der Waals surface area contributed by atoms with Gasteiger partial charge in [0.25, 0.3) is 0 Å². The van der Waals surface area contributed by atoms with Gasteiger partial charge in [-0.3, -0.25) is 0 Å². The maximum absolute atomic E-state index is 10.3. The van der Waals surface area contributed by atoms with E-state index in [9.17, 15) is 5.26 Å². The Morgan fingerprint density at radius 2 is 1.00 bits per heavy atom. The number of nitriles is 1. The third-order valence-corrected chi connectivity index (χ3v) is 9.40. The minimum Gasteiger partial charge on any atom is -0.309 e. The highest BCUT2D eigenvalue weighted by atomic mass is 15.0. The number of hydrogen-bond donors (Lipinski definition) is 0. The second-order valence-corrected chi connectivity index (χ2v) is 12.0. The number of hydrogen-bond acceptors (Lipinski definition) is 1. The van der Waals surface area contributed by atoms with Crippen molar-refractivity contribution >= 4 is 49.3 Å². The molecule has 4 nitrogen and oxygen atoms in total. The van der Waals surface area contributed by atoms with Crippen molar-refractivity contribution in [1.29, 1.82) is 5.26 Å². The van der Waals surface area contributed by atoms with Gasteiger partial charge in [0.2, 0.25) is 0 Å². The van der Waals surface area contributed by atoms with E-state index in [1.165, 1.54) is 21.8 Å². The van der Waals surface area contributed by atoms with E-state index < -0.39 is 0 Å². The van der Waals surface area contributed by atoms with E-state index in [2.05, 4.69) is 135 Å². The zero-order valence-electron chi connectivity index (χ0n) is 25.8. The van der Waals surface area contributed by atoms with Crippen LogP contribution in [0.4, 0.5) is 5.69 Å². The van der Waals surface area contributed by atoms with E-state index in [-0.39, 0.29) is 0 Å². The molecule has 0 unspecified atom stereocenters. The zero-order valence-corrected chi connectivity index (χ0v) is 25.8. The van der Waals surface area contributed by atoms with Crippen molar-refractivity contribution in [3.8, 4) is 39.7 Å². The number of aromatic nitrogens is 2. The molecular formula is C44H26N4. The van der Waals surface area contributed by atoms with Gasteiger partial charge in [-0.15, -0.1) is 0 Å². The predicted molar refractivity (Wildman–Crippen MR) is 197 cm³/mol. The fourth-order valence-corrected chi connectivity index (χ4v) is 7.25. The van der Waals surface area contributed by atoms with Gasteiger partial charge in [-0.05, 0) is 76.7 Å². The summed E-state index contributed by atoms with van der Waals surface area (Å²) in [4.78, 5) is 3.67. The Morgan fingerprint density at radius 3 is 1.60 bits per heavy atom. The number of fused-ring (bicyclic) bond motifs is 6. The first kappa shape index (κ1) is 27.4. The van der Waals surface area contributed by atoms with Gasteiger partial charge in [0.15, 0.2) is 5.69 Å². The molecule has 0 saturated heterocycles. The molecule has 0 fully saturated rings. The molecule has 0 saturated carbocycles. The van der Waals surface area contributed by atoms with Crippen LogP contribution in [-0.4, -0.2) is 9.13 Å². The summed E-state index contributed by atoms with van der Waals surface area (Å²) in [6.07, 6.45) is 0. The van der Waals surface area contributed by atoms with E-state index in [1.807, 2.05) is 42.5 Å². The molecule has 2 heterocycles. The topological polar surface area (TPSA) is 38.0 Å². The predicted octanol–water partition coefficient (Wildman–Crippen LogP) is 11.6. The molecule has 0 bridgehead atoms. The van der Waals surface area contributed by atoms with E-state index in [0.717, 1.165) is 55.4 Å². The lowest BCUT2D eigenvalue weighted by atomic mass is 9.95. The van der Waals surface area contributed by atoms with Crippen LogP contribution in [0.1, 0.15) is 5.56 Å². The van der Waals surface area contributed by atoms with Gasteiger partial charge in [-0.2, -0.15) is 5.26 Å². The second kappa shape index (κ2) is 10.9. The van der Waals surface area contributed by atoms with Crippen molar-refractivity contribution in [2.24, 2.45) is 0 Å². The summed E-state index contributed by atoms with van der Waals surface area (Å²) in [6.45, 7) is 7.56. The van der Waals surface area contributed by atoms with Gasteiger partial charge in [-0.25, -0.2) is 4.85 Å². The Kier molecular flexibility index (Phi) is 6.22. The van der Waals surface area contributed by atoms with Crippen molar-refractivity contribution in [3.63, 3.8) is 0 Å². The highest BCUT2D eigenvalue weighted by Gasteiger charge is 2.18. The minimum atomic E-state index is 0.607. The van der Waals surface area contributed by atoms with Gasteiger partial charge in [0, 0.05) is 27.4 Å². The molecule has 2 aromatic heterocycles. The average Bonchev–Trinajstić information content (AvgIpc) is 3.67. The largest absolute Gasteiger partial charge is 0.309 e. The van der Waals surface area contributed by atoms with Crippen molar-refractivity contribution in [3.05, 3.63) is 175 Å². The van der Waals surface area contributed by atoms with Crippen LogP contribution in [0.3, 0.4) is 0 Å². The van der Waals surface area contributed by atoms with Crippen LogP contribution in [0.2, 0.25) is 0 Å². The highest BCUT2D eigenvalue weighted by molar-refractivity contribution is 6.11. The molecule has 48 heavy (non-hydrogen) atoms. The third kappa shape index (κ3) is 4.14. The molecule has 0 amide bonds. The molecule has 0 radical (unpaired) electrons. The molecule has 0 aliphatic rings. The second-order valence-electron chi connectivity index (χ2n) is 12.0. The van der Waals surface area contributed by atoms with E-state index >= 15 is 0 Å². The van der Waals surface area contributed by atoms with Gasteiger partial charge in [0.05, 0.1) is 46.0 Å². The third-order valence-electron chi connectivity index (χ3n) is 9.40. The van der Waals surface area contributed by atoms with Crippen LogP contribution >= 0.6 is 0 Å². The standard InChI is InChI=1S/C44H26N4/c1-46-33-23-26-42-38(27-33)37-12-4-7-15-41(37)48(42)43-16-8-9-32(28-45)44(43)31-19-17-29(18-20-31)30-21-24-34(25-22-30)47-39-13-5-2-10-35(39)36-11-3-6-14-40(36)47/h2-27H. The Morgan fingerprint density at radius 1 is 0.479 bits per heavy atom. The fourth-order valence-electron chi connectivity index (χ4n) is 7.25. The Labute approximate surface area is 277 Å². The van der Waals surface area contributed by atoms with Crippen LogP contribution in [0.5, 0.6) is 0 Å². The summed E-state index contributed by atoms with van der Waals surface area (Å²) in [7, 11) is 0. The molecular weight excluding hydrogens is 585 g/mol. The minimum absolute atomic E-state index is 0.607. The fraction of sp³-hybridized carbons (Fsp3) is 0. The van der Waals surface area contributed by atoms with Crippen LogP contribution in [0.15, 0.2) is 158 Å². The molecule has 0 aliphatic carbocycles. The van der Waals surface area contributed by atoms with Crippen molar-refractivity contribution < 1.29 is 0 Å². The summed E-state index contributed by atoms with van der Waals surface area (Å²) >= 11 is 0. The first-order chi connectivity index (χ1) is 23.7. The number of benzene rings is 7. The quantitative estimate of drug-likeness (QED) is 0.183. The van der Waals surface area contributed by atoms with E-state index in [1.54, 1.807) is 0 Å². The summed E-state index contributed by atoms with van der Waals surface area (Å²) < 4.78 is 4.55. The molecule has 9 aromatic rings. The number of nitrogens with zero attached hydrogens (tertiary/aromatic N) is 4. The van der Waals surface area contributed by atoms with Crippen LogP contribution in [0, 0.1) is 17.9 Å². The molecule has 0 spiro atoms. The number of para-hydroxylation sites is 3. The molecule has 222 valence electrons. The van der Waals surface area contributed by atoms with Gasteiger partial charge < -0.3 is 9.13 Å². The lowest BCUT2D eigenvalue weighted by Gasteiger charge is -2.16. The molecule has 0 atom stereocenters. The summed E-state index contributed by atoms with van der Waals surface area (Å²) in [5, 5.41) is 14.9. The Balaban J connectivity index is 1.14. The Bertz CT molecular complexity index is 2730. The Hall–Kier alpha value is -6.88. The molecule has 4 heteroatoms. The van der Waals surface area contributed by atoms with Crippen LogP contribution in [-0.2, 0) is 0 Å². The molecule has 7 aromatic carbocycles. The van der Waals surface area contributed by atoms with Gasteiger partial charge >= 0.3 is 0 Å². The van der Waals surface area contributed by atoms with Gasteiger partial charge in [0.1, 0.15) is 0 Å². The highest BCUT2D eigenvalue weighted by Crippen LogP contribution is 2.39. The molecule has 9 rings (SSSR count). The van der Waals surface area contributed by atoms with Crippen molar-refractivity contribution in [2.45, 2.75) is 0 Å². The molecule has 0 aliphatic heterocycles. The summed E-state index contributed by atoms with van der Waals surface area (Å²) in [5.41, 5.74) is 11.8. The van der Waals surface area contributed by atoms with Gasteiger partial charge in [-0.1, -0.05) is 103 Å². The molecule has 0 N–H and O–H groups in total. The normalized spacial score (nSPS) is 11.3. The van der Waals surface area contributed by atoms with Crippen LogP contribution in [0.25, 0.3) is 82.1 Å². The van der Waals surface area contributed by atoms with E-state index in [0.29, 0.717) is 11.3 Å². The monoisotopic (exact) mass is 610 g/mol. The maximum atomic E-state index is 10.3. The lowest BCUT2D eigenvalue weighted by molar-refractivity contribution is 1.18. The first-order valence-electron chi connectivity index (χ1n) is 15.9. The number of rotatable bonds is 4. The SMILES string of the molecule is [C-]#[N+]c1ccc2c(c1)c1ccccc1n2-c1cccc(C#N)c1-c1ccc(-c2ccc(-n3c4ccccc4c4ccccc43)cc2)cc1. The van der Waals surface area contributed by atoms with Crippen molar-refractivity contribution in [2.75, 3.05) is 0 Å². The van der Waals surface area contributed by atoms with Crippen LogP contribution < -0.4 is 0 Å². The lowest BCUT2D eigenvalue weighted by Crippen LogP contribution is -1.99. The maximum Gasteiger partial charge on any atom is 0.188 e. The first-order valence-corrected chi connectivity index (χ1v) is 15.9. The average molecular weight is 611 g/mol. The van der Waals surface area contributed by atoms with E-state index in [4.69, 9.17) is 6.57 Å². The van der Waals surface area contributed by atoms with Crippen molar-refractivity contribution in [1.82, 2.24) is 9.13 Å². The summed E-state index contributed by atoms with van der Waals surface area (Å²) in [6, 6.07) is 56.8. The zero-order chi connectivity index (χ0) is 32.2.